The van der Waals surface area contributed by atoms with Crippen LogP contribution in [-0.2, 0) is 0 Å². The molecule has 1 saturated heterocycles. The third kappa shape index (κ3) is 2.33. The number of hydrogen-bond donors (Lipinski definition) is 2. The molecule has 1 aliphatic carbocycles. The lowest BCUT2D eigenvalue weighted by Gasteiger charge is -2.31. The monoisotopic (exact) mass is 324 g/mol. The van der Waals surface area contributed by atoms with Crippen molar-refractivity contribution < 1.29 is 9.47 Å². The minimum Gasteiger partial charge on any atom is -0.493 e. The lowest BCUT2D eigenvalue weighted by atomic mass is 9.80. The number of nitrogens with one attached hydrogen (secondary N) is 1. The van der Waals surface area contributed by atoms with Crippen LogP contribution in [0.2, 0.25) is 0 Å². The standard InChI is InChI=1S/C20H24N2O2/c1-23-17-10-15-16(11-18(17)24-2)20-14(4-3-9-22-20)19(15)12-5-7-13(21)8-6-12/h5-8,10-11,14,19-20,22H,3-4,9,21H2,1-2H3/t14-,19-,20-/m0/s1. The minimum absolute atomic E-state index is 0.373. The Balaban J connectivity index is 1.86. The third-order valence-corrected chi connectivity index (χ3v) is 5.49. The Morgan fingerprint density at radius 3 is 2.33 bits per heavy atom. The van der Waals surface area contributed by atoms with Crippen LogP contribution >= 0.6 is 0 Å². The van der Waals surface area contributed by atoms with Gasteiger partial charge in [-0.3, -0.25) is 0 Å². The molecule has 0 spiro atoms. The summed E-state index contributed by atoms with van der Waals surface area (Å²) in [5.74, 6) is 2.54. The first-order chi connectivity index (χ1) is 11.7. The van der Waals surface area contributed by atoms with Gasteiger partial charge in [-0.15, -0.1) is 0 Å². The molecule has 4 rings (SSSR count). The Kier molecular flexibility index (Phi) is 3.85. The van der Waals surface area contributed by atoms with E-state index in [0.29, 0.717) is 17.9 Å². The fraction of sp³-hybridized carbons (Fsp3) is 0.400. The van der Waals surface area contributed by atoms with Crippen molar-refractivity contribution in [2.45, 2.75) is 24.8 Å². The number of methoxy groups -OCH3 is 2. The number of piperidine rings is 1. The highest BCUT2D eigenvalue weighted by atomic mass is 16.5. The zero-order valence-electron chi connectivity index (χ0n) is 14.2. The van der Waals surface area contributed by atoms with E-state index in [2.05, 4.69) is 29.6 Å². The van der Waals surface area contributed by atoms with E-state index in [4.69, 9.17) is 15.2 Å². The van der Waals surface area contributed by atoms with E-state index in [1.54, 1.807) is 14.2 Å². The fourth-order valence-corrected chi connectivity index (χ4v) is 4.42. The van der Waals surface area contributed by atoms with Crippen molar-refractivity contribution in [3.8, 4) is 11.5 Å². The molecule has 24 heavy (non-hydrogen) atoms. The number of nitrogen functional groups attached to an aromatic ring is 1. The van der Waals surface area contributed by atoms with Gasteiger partial charge in [0.05, 0.1) is 14.2 Å². The zero-order chi connectivity index (χ0) is 16.7. The second kappa shape index (κ2) is 6.02. The maximum absolute atomic E-state index is 5.89. The third-order valence-electron chi connectivity index (χ3n) is 5.49. The molecular weight excluding hydrogens is 300 g/mol. The second-order valence-electron chi connectivity index (χ2n) is 6.72. The van der Waals surface area contributed by atoms with E-state index < -0.39 is 0 Å². The second-order valence-corrected chi connectivity index (χ2v) is 6.72. The SMILES string of the molecule is COc1cc2c(cc1OC)[C@H]1NCCC[C@H]1[C@@H]2c1ccc(N)cc1. The van der Waals surface area contributed by atoms with Gasteiger partial charge in [0.1, 0.15) is 0 Å². The lowest BCUT2D eigenvalue weighted by Crippen LogP contribution is -2.32. The highest BCUT2D eigenvalue weighted by Crippen LogP contribution is 2.54. The molecule has 4 heteroatoms. The first kappa shape index (κ1) is 15.3. The largest absolute Gasteiger partial charge is 0.493 e. The fourth-order valence-electron chi connectivity index (χ4n) is 4.42. The van der Waals surface area contributed by atoms with Crippen molar-refractivity contribution in [2.75, 3.05) is 26.5 Å². The molecule has 2 aromatic rings. The van der Waals surface area contributed by atoms with Crippen LogP contribution in [0, 0.1) is 5.92 Å². The summed E-state index contributed by atoms with van der Waals surface area (Å²) in [6.45, 7) is 1.07. The summed E-state index contributed by atoms with van der Waals surface area (Å²) < 4.78 is 11.1. The highest BCUT2D eigenvalue weighted by molar-refractivity contribution is 5.56. The summed E-state index contributed by atoms with van der Waals surface area (Å²) in [6, 6.07) is 13.0. The van der Waals surface area contributed by atoms with E-state index in [0.717, 1.165) is 23.7 Å². The smallest absolute Gasteiger partial charge is 0.161 e. The van der Waals surface area contributed by atoms with Gasteiger partial charge in [-0.25, -0.2) is 0 Å². The van der Waals surface area contributed by atoms with Crippen LogP contribution in [0.4, 0.5) is 5.69 Å². The van der Waals surface area contributed by atoms with Gasteiger partial charge in [0, 0.05) is 17.6 Å². The summed E-state index contributed by atoms with van der Waals surface area (Å²) in [6.07, 6.45) is 2.45. The first-order valence-electron chi connectivity index (χ1n) is 8.57. The molecule has 1 aliphatic heterocycles. The van der Waals surface area contributed by atoms with Crippen LogP contribution in [0.25, 0.3) is 0 Å². The van der Waals surface area contributed by atoms with Crippen molar-refractivity contribution in [2.24, 2.45) is 5.92 Å². The number of benzene rings is 2. The first-order valence-corrected chi connectivity index (χ1v) is 8.57. The Bertz CT molecular complexity index is 742. The summed E-state index contributed by atoms with van der Waals surface area (Å²) in [4.78, 5) is 0. The van der Waals surface area contributed by atoms with E-state index in [9.17, 15) is 0 Å². The molecule has 0 saturated carbocycles. The van der Waals surface area contributed by atoms with Crippen molar-refractivity contribution in [3.63, 3.8) is 0 Å². The molecule has 0 amide bonds. The summed E-state index contributed by atoms with van der Waals surface area (Å²) in [5.41, 5.74) is 10.7. The van der Waals surface area contributed by atoms with Crippen molar-refractivity contribution in [3.05, 3.63) is 53.1 Å². The average Bonchev–Trinajstić information content (AvgIpc) is 2.94. The number of anilines is 1. The van der Waals surface area contributed by atoms with Crippen LogP contribution in [-0.4, -0.2) is 20.8 Å². The van der Waals surface area contributed by atoms with Gasteiger partial charge in [0.15, 0.2) is 11.5 Å². The van der Waals surface area contributed by atoms with Gasteiger partial charge in [-0.2, -0.15) is 0 Å². The van der Waals surface area contributed by atoms with Crippen LogP contribution < -0.4 is 20.5 Å². The Morgan fingerprint density at radius 1 is 1.00 bits per heavy atom. The number of hydrogen-bond acceptors (Lipinski definition) is 4. The minimum atomic E-state index is 0.373. The summed E-state index contributed by atoms with van der Waals surface area (Å²) >= 11 is 0. The predicted molar refractivity (Wildman–Crippen MR) is 95.7 cm³/mol. The summed E-state index contributed by atoms with van der Waals surface area (Å²) in [7, 11) is 3.39. The normalized spacial score (nSPS) is 25.0. The number of rotatable bonds is 3. The van der Waals surface area contributed by atoms with Crippen LogP contribution in [0.15, 0.2) is 36.4 Å². The molecule has 1 fully saturated rings. The molecule has 0 radical (unpaired) electrons. The topological polar surface area (TPSA) is 56.5 Å². The maximum atomic E-state index is 5.89. The summed E-state index contributed by atoms with van der Waals surface area (Å²) in [5, 5.41) is 3.72. The zero-order valence-corrected chi connectivity index (χ0v) is 14.2. The van der Waals surface area contributed by atoms with Gasteiger partial charge in [-0.1, -0.05) is 12.1 Å². The van der Waals surface area contributed by atoms with Gasteiger partial charge in [0.25, 0.3) is 0 Å². The van der Waals surface area contributed by atoms with Crippen molar-refractivity contribution in [1.29, 1.82) is 0 Å². The average molecular weight is 324 g/mol. The van der Waals surface area contributed by atoms with Crippen LogP contribution in [0.3, 0.4) is 0 Å². The van der Waals surface area contributed by atoms with E-state index >= 15 is 0 Å². The van der Waals surface area contributed by atoms with Crippen LogP contribution in [0.1, 0.15) is 41.5 Å². The molecule has 1 heterocycles. The van der Waals surface area contributed by atoms with E-state index in [-0.39, 0.29) is 0 Å². The van der Waals surface area contributed by atoms with Gasteiger partial charge >= 0.3 is 0 Å². The molecule has 2 aliphatic rings. The van der Waals surface area contributed by atoms with Crippen LogP contribution in [0.5, 0.6) is 11.5 Å². The number of fused-ring (bicyclic) bond motifs is 3. The molecule has 2 aromatic carbocycles. The molecule has 3 atom stereocenters. The van der Waals surface area contributed by atoms with Crippen molar-refractivity contribution >= 4 is 5.69 Å². The predicted octanol–water partition coefficient (Wildman–Crippen LogP) is 3.47. The molecule has 0 aromatic heterocycles. The maximum Gasteiger partial charge on any atom is 0.161 e. The number of ether oxygens (including phenoxy) is 2. The highest BCUT2D eigenvalue weighted by Gasteiger charge is 2.43. The number of nitrogens with two attached hydrogens (primary N) is 1. The lowest BCUT2D eigenvalue weighted by molar-refractivity contribution is 0.286. The van der Waals surface area contributed by atoms with Gasteiger partial charge in [-0.05, 0) is 66.3 Å². The Morgan fingerprint density at radius 2 is 1.67 bits per heavy atom. The van der Waals surface area contributed by atoms with Gasteiger partial charge < -0.3 is 20.5 Å². The Labute approximate surface area is 143 Å². The molecule has 0 bridgehead atoms. The molecule has 126 valence electrons. The van der Waals surface area contributed by atoms with Crippen molar-refractivity contribution in [1.82, 2.24) is 5.32 Å². The quantitative estimate of drug-likeness (QED) is 0.849. The molecular formula is C20H24N2O2. The Hall–Kier alpha value is -2.20. The molecule has 3 N–H and O–H groups in total. The van der Waals surface area contributed by atoms with E-state index in [1.807, 2.05) is 12.1 Å². The molecule has 0 unspecified atom stereocenters. The van der Waals surface area contributed by atoms with E-state index in [1.165, 1.54) is 29.5 Å². The van der Waals surface area contributed by atoms with Gasteiger partial charge in [0.2, 0.25) is 0 Å². The molecule has 4 nitrogen and oxygen atoms in total.